The molecule has 0 radical (unpaired) electrons. The SMILES string of the molecule is O=C(c1cc(F)c(F)c(F)c1)c1c(C(F)(F)F)[nH]n(-c2c(F)c(F)c(C(F)(F)F)c(F)c2F)c1=O. The Hall–Kier alpha value is -3.79. The number of hydrogen-bond donors (Lipinski definition) is 1. The molecule has 0 saturated heterocycles. The van der Waals surface area contributed by atoms with E-state index in [1.165, 1.54) is 0 Å². The molecule has 188 valence electrons. The molecular weight excluding hydrogens is 523 g/mol. The Balaban J connectivity index is 2.39. The minimum absolute atomic E-state index is 0.143. The number of nitrogens with one attached hydrogen (secondary N) is 1. The number of ketones is 1. The first-order chi connectivity index (χ1) is 15.9. The molecule has 0 amide bonds. The van der Waals surface area contributed by atoms with Crippen molar-refractivity contribution < 1.29 is 61.9 Å². The number of alkyl halides is 6. The molecule has 3 aromatic rings. The maximum Gasteiger partial charge on any atom is 0.433 e. The number of hydrogen-bond acceptors (Lipinski definition) is 2. The van der Waals surface area contributed by atoms with Gasteiger partial charge < -0.3 is 0 Å². The summed E-state index contributed by atoms with van der Waals surface area (Å²) in [5.74, 6) is -20.8. The number of H-pyrrole nitrogens is 1. The summed E-state index contributed by atoms with van der Waals surface area (Å²) >= 11 is 0. The third-order valence-electron chi connectivity index (χ3n) is 4.39. The van der Waals surface area contributed by atoms with Crippen molar-refractivity contribution in [3.8, 4) is 5.69 Å². The molecule has 0 aliphatic carbocycles. The molecule has 0 spiro atoms. The van der Waals surface area contributed by atoms with Crippen LogP contribution in [0.15, 0.2) is 16.9 Å². The summed E-state index contributed by atoms with van der Waals surface area (Å²) in [5.41, 5.74) is -14.0. The van der Waals surface area contributed by atoms with E-state index in [0.29, 0.717) is 0 Å². The van der Waals surface area contributed by atoms with Crippen molar-refractivity contribution in [2.45, 2.75) is 12.4 Å². The lowest BCUT2D eigenvalue weighted by molar-refractivity contribution is -0.143. The van der Waals surface area contributed by atoms with Gasteiger partial charge in [-0.15, -0.1) is 0 Å². The fourth-order valence-corrected chi connectivity index (χ4v) is 2.91. The normalized spacial score (nSPS) is 12.4. The van der Waals surface area contributed by atoms with Gasteiger partial charge in [-0.2, -0.15) is 26.3 Å². The second-order valence-corrected chi connectivity index (χ2v) is 6.56. The van der Waals surface area contributed by atoms with Crippen LogP contribution < -0.4 is 5.56 Å². The van der Waals surface area contributed by atoms with Crippen molar-refractivity contribution in [2.24, 2.45) is 0 Å². The second-order valence-electron chi connectivity index (χ2n) is 6.56. The number of halogens is 13. The maximum absolute atomic E-state index is 14.2. The van der Waals surface area contributed by atoms with E-state index in [1.807, 2.05) is 0 Å². The number of benzene rings is 2. The Kier molecular flexibility index (Phi) is 6.02. The quantitative estimate of drug-likeness (QED) is 0.215. The van der Waals surface area contributed by atoms with E-state index in [4.69, 9.17) is 0 Å². The van der Waals surface area contributed by atoms with Crippen molar-refractivity contribution in [3.63, 3.8) is 0 Å². The van der Waals surface area contributed by atoms with Gasteiger partial charge in [-0.05, 0) is 12.1 Å². The molecule has 2 aromatic carbocycles. The van der Waals surface area contributed by atoms with Gasteiger partial charge in [0.1, 0.15) is 16.8 Å². The number of nitrogens with zero attached hydrogens (tertiary/aromatic N) is 1. The third-order valence-corrected chi connectivity index (χ3v) is 4.39. The molecule has 0 bridgehead atoms. The summed E-state index contributed by atoms with van der Waals surface area (Å²) in [7, 11) is 0. The molecule has 0 unspecified atom stereocenters. The molecular formula is C18H3F13N2O2. The van der Waals surface area contributed by atoms with Crippen LogP contribution in [0.2, 0.25) is 0 Å². The van der Waals surface area contributed by atoms with E-state index in [-0.39, 0.29) is 12.1 Å². The minimum Gasteiger partial charge on any atom is -0.288 e. The molecule has 0 saturated carbocycles. The lowest BCUT2D eigenvalue weighted by Crippen LogP contribution is -2.25. The number of carbonyl (C=O) groups excluding carboxylic acids is 1. The highest BCUT2D eigenvalue weighted by Crippen LogP contribution is 2.38. The monoisotopic (exact) mass is 526 g/mol. The third kappa shape index (κ3) is 4.14. The Morgan fingerprint density at radius 2 is 1.17 bits per heavy atom. The van der Waals surface area contributed by atoms with Crippen molar-refractivity contribution in [3.05, 3.63) is 85.6 Å². The minimum atomic E-state index is -6.02. The zero-order valence-electron chi connectivity index (χ0n) is 15.8. The molecule has 4 nitrogen and oxygen atoms in total. The van der Waals surface area contributed by atoms with Crippen LogP contribution in [-0.2, 0) is 12.4 Å². The molecule has 1 N–H and O–H groups in total. The molecule has 3 rings (SSSR count). The van der Waals surface area contributed by atoms with Gasteiger partial charge >= 0.3 is 12.4 Å². The Bertz CT molecular complexity index is 1380. The van der Waals surface area contributed by atoms with Gasteiger partial charge in [-0.3, -0.25) is 14.7 Å². The molecule has 0 aliphatic rings. The van der Waals surface area contributed by atoms with E-state index in [1.54, 1.807) is 0 Å². The zero-order chi connectivity index (χ0) is 26.8. The Morgan fingerprint density at radius 3 is 1.57 bits per heavy atom. The van der Waals surface area contributed by atoms with Crippen LogP contribution in [0.4, 0.5) is 57.1 Å². The summed E-state index contributed by atoms with van der Waals surface area (Å²) in [4.78, 5) is 24.9. The number of aromatic amines is 1. The first-order valence-corrected chi connectivity index (χ1v) is 8.44. The maximum atomic E-state index is 14.2. The fourth-order valence-electron chi connectivity index (χ4n) is 2.91. The molecule has 0 atom stereocenters. The largest absolute Gasteiger partial charge is 0.433 e. The van der Waals surface area contributed by atoms with Gasteiger partial charge in [0.25, 0.3) is 5.56 Å². The van der Waals surface area contributed by atoms with Crippen molar-refractivity contribution in [1.29, 1.82) is 0 Å². The van der Waals surface area contributed by atoms with E-state index < -0.39 is 97.2 Å². The fraction of sp³-hybridized carbons (Fsp3) is 0.111. The molecule has 0 aliphatic heterocycles. The van der Waals surface area contributed by atoms with Crippen molar-refractivity contribution >= 4 is 5.78 Å². The lowest BCUT2D eigenvalue weighted by Gasteiger charge is -2.14. The predicted molar refractivity (Wildman–Crippen MR) is 86.0 cm³/mol. The van der Waals surface area contributed by atoms with Crippen molar-refractivity contribution in [2.75, 3.05) is 0 Å². The summed E-state index contributed by atoms with van der Waals surface area (Å²) in [6.07, 6.45) is -11.8. The first kappa shape index (κ1) is 25.8. The van der Waals surface area contributed by atoms with Gasteiger partial charge in [-0.25, -0.2) is 35.4 Å². The highest BCUT2D eigenvalue weighted by Gasteiger charge is 2.45. The second kappa shape index (κ2) is 8.16. The van der Waals surface area contributed by atoms with Crippen LogP contribution >= 0.6 is 0 Å². The van der Waals surface area contributed by atoms with E-state index in [2.05, 4.69) is 0 Å². The van der Waals surface area contributed by atoms with Crippen LogP contribution in [0.3, 0.4) is 0 Å². The van der Waals surface area contributed by atoms with Gasteiger partial charge in [0, 0.05) is 5.56 Å². The van der Waals surface area contributed by atoms with Gasteiger partial charge in [0.05, 0.1) is 0 Å². The lowest BCUT2D eigenvalue weighted by atomic mass is 10.0. The Labute approximate surface area is 182 Å². The van der Waals surface area contributed by atoms with Gasteiger partial charge in [0.15, 0.2) is 46.4 Å². The van der Waals surface area contributed by atoms with Crippen LogP contribution in [0.5, 0.6) is 0 Å². The summed E-state index contributed by atoms with van der Waals surface area (Å²) in [5, 5.41) is 0.894. The zero-order valence-corrected chi connectivity index (χ0v) is 15.8. The summed E-state index contributed by atoms with van der Waals surface area (Å²) in [6, 6.07) is -0.285. The topological polar surface area (TPSA) is 54.9 Å². The van der Waals surface area contributed by atoms with E-state index in [9.17, 15) is 66.7 Å². The summed E-state index contributed by atoms with van der Waals surface area (Å²) < 4.78 is 174. The van der Waals surface area contributed by atoms with Gasteiger partial charge in [0.2, 0.25) is 5.78 Å². The molecule has 17 heteroatoms. The Morgan fingerprint density at radius 1 is 0.714 bits per heavy atom. The summed E-state index contributed by atoms with van der Waals surface area (Å²) in [6.45, 7) is 0. The first-order valence-electron chi connectivity index (χ1n) is 8.44. The van der Waals surface area contributed by atoms with E-state index >= 15 is 0 Å². The molecule has 35 heavy (non-hydrogen) atoms. The average molecular weight is 526 g/mol. The standard InChI is InChI=1S/C18H3F13N2O2/c19-4-1-3(2-5(20)8(4)21)14(34)6-15(18(29,30)31)32-33(16(6)35)13-11(24)9(22)7(17(26,27)28)10(23)12(13)25/h1-2,32H. The highest BCUT2D eigenvalue weighted by molar-refractivity contribution is 6.09. The number of rotatable bonds is 3. The molecule has 1 aromatic heterocycles. The van der Waals surface area contributed by atoms with E-state index in [0.717, 1.165) is 5.10 Å². The van der Waals surface area contributed by atoms with Gasteiger partial charge in [-0.1, -0.05) is 0 Å². The van der Waals surface area contributed by atoms with Crippen LogP contribution in [0, 0.1) is 40.7 Å². The van der Waals surface area contributed by atoms with Crippen LogP contribution in [-0.4, -0.2) is 15.6 Å². The highest BCUT2D eigenvalue weighted by atomic mass is 19.4. The number of carbonyl (C=O) groups is 1. The average Bonchev–Trinajstić information content (AvgIpc) is 3.06. The molecule has 0 fully saturated rings. The molecule has 1 heterocycles. The predicted octanol–water partition coefficient (Wildman–Crippen LogP) is 5.41. The van der Waals surface area contributed by atoms with Crippen LogP contribution in [0.1, 0.15) is 27.2 Å². The van der Waals surface area contributed by atoms with Crippen LogP contribution in [0.25, 0.3) is 5.69 Å². The van der Waals surface area contributed by atoms with Crippen molar-refractivity contribution in [1.82, 2.24) is 9.78 Å². The number of aromatic nitrogens is 2. The smallest absolute Gasteiger partial charge is 0.288 e.